The molecule has 1 aromatic rings. The van der Waals surface area contributed by atoms with E-state index in [1.807, 2.05) is 4.68 Å². The fourth-order valence-electron chi connectivity index (χ4n) is 3.43. The molecule has 1 saturated heterocycles. The number of rotatable bonds is 3. The third-order valence-corrected chi connectivity index (χ3v) is 4.68. The molecule has 0 aliphatic carbocycles. The van der Waals surface area contributed by atoms with Crippen molar-refractivity contribution >= 4 is 11.8 Å². The van der Waals surface area contributed by atoms with Crippen molar-refractivity contribution in [2.75, 3.05) is 6.54 Å². The highest BCUT2D eigenvalue weighted by molar-refractivity contribution is 5.87. The highest BCUT2D eigenvalue weighted by Crippen LogP contribution is 2.26. The number of aryl methyl sites for hydroxylation is 1. The molecule has 1 aromatic heterocycles. The molecule has 0 saturated carbocycles. The van der Waals surface area contributed by atoms with E-state index in [0.717, 1.165) is 43.9 Å². The summed E-state index contributed by atoms with van der Waals surface area (Å²) in [4.78, 5) is 30.6. The van der Waals surface area contributed by atoms with Crippen LogP contribution in [0.2, 0.25) is 0 Å². The lowest BCUT2D eigenvalue weighted by Gasteiger charge is -2.27. The molecular formula is C16H25N5O2. The predicted molar refractivity (Wildman–Crippen MR) is 84.6 cm³/mol. The van der Waals surface area contributed by atoms with Gasteiger partial charge in [-0.15, -0.1) is 0 Å². The monoisotopic (exact) mass is 319 g/mol. The van der Waals surface area contributed by atoms with Gasteiger partial charge in [0.05, 0.1) is 6.04 Å². The van der Waals surface area contributed by atoms with Crippen LogP contribution in [0.3, 0.4) is 0 Å². The molecule has 7 heteroatoms. The van der Waals surface area contributed by atoms with Gasteiger partial charge in [0.25, 0.3) is 0 Å². The van der Waals surface area contributed by atoms with Crippen molar-refractivity contribution < 1.29 is 9.59 Å². The number of nitrogens with zero attached hydrogens (tertiary/aromatic N) is 4. The first-order chi connectivity index (χ1) is 11.0. The summed E-state index contributed by atoms with van der Waals surface area (Å²) in [7, 11) is 0. The molecule has 3 rings (SSSR count). The Morgan fingerprint density at radius 1 is 1.22 bits per heavy atom. The summed E-state index contributed by atoms with van der Waals surface area (Å²) in [5.74, 6) is 1.85. The molecule has 3 heterocycles. The number of hydrogen-bond acceptors (Lipinski definition) is 4. The normalized spacial score (nSPS) is 23.9. The van der Waals surface area contributed by atoms with Crippen LogP contribution in [0, 0.1) is 0 Å². The second kappa shape index (κ2) is 6.29. The standard InChI is InChI=1S/C16H25N5O2/c1-10(2)14-18-15-12(6-4-9-21(15)19-14)17-16(23)13-7-5-8-20(13)11(3)22/h10,12-13H,4-9H2,1-3H3,(H,17,23). The smallest absolute Gasteiger partial charge is 0.243 e. The molecule has 23 heavy (non-hydrogen) atoms. The Bertz CT molecular complexity index is 610. The van der Waals surface area contributed by atoms with Crippen molar-refractivity contribution in [3.63, 3.8) is 0 Å². The average Bonchev–Trinajstić information content (AvgIpc) is 3.14. The summed E-state index contributed by atoms with van der Waals surface area (Å²) in [6.45, 7) is 7.18. The quantitative estimate of drug-likeness (QED) is 0.912. The summed E-state index contributed by atoms with van der Waals surface area (Å²) in [6, 6.07) is -0.443. The molecule has 2 aliphatic rings. The van der Waals surface area contributed by atoms with Gasteiger partial charge in [-0.05, 0) is 25.7 Å². The molecule has 7 nitrogen and oxygen atoms in total. The highest BCUT2D eigenvalue weighted by atomic mass is 16.2. The minimum Gasteiger partial charge on any atom is -0.344 e. The number of hydrogen-bond donors (Lipinski definition) is 1. The van der Waals surface area contributed by atoms with E-state index in [1.54, 1.807) is 4.90 Å². The van der Waals surface area contributed by atoms with Crippen LogP contribution in [0.25, 0.3) is 0 Å². The van der Waals surface area contributed by atoms with E-state index in [1.165, 1.54) is 6.92 Å². The first-order valence-corrected chi connectivity index (χ1v) is 8.49. The molecule has 1 N–H and O–H groups in total. The number of amides is 2. The number of nitrogens with one attached hydrogen (secondary N) is 1. The van der Waals surface area contributed by atoms with Crippen molar-refractivity contribution in [3.05, 3.63) is 11.6 Å². The Labute approximate surface area is 136 Å². The van der Waals surface area contributed by atoms with Gasteiger partial charge in [-0.25, -0.2) is 9.67 Å². The van der Waals surface area contributed by atoms with Crippen molar-refractivity contribution in [2.24, 2.45) is 0 Å². The average molecular weight is 319 g/mol. The van der Waals surface area contributed by atoms with Gasteiger partial charge < -0.3 is 10.2 Å². The van der Waals surface area contributed by atoms with Crippen LogP contribution < -0.4 is 5.32 Å². The number of carbonyl (C=O) groups is 2. The van der Waals surface area contributed by atoms with Crippen molar-refractivity contribution in [1.29, 1.82) is 0 Å². The summed E-state index contributed by atoms with van der Waals surface area (Å²) >= 11 is 0. The maximum atomic E-state index is 12.6. The fourth-order valence-corrected chi connectivity index (χ4v) is 3.43. The highest BCUT2D eigenvalue weighted by Gasteiger charge is 2.35. The first-order valence-electron chi connectivity index (χ1n) is 8.49. The minimum absolute atomic E-state index is 0.0310. The van der Waals surface area contributed by atoms with Gasteiger partial charge in [0, 0.05) is 25.9 Å². The lowest BCUT2D eigenvalue weighted by atomic mass is 10.1. The Morgan fingerprint density at radius 2 is 1.96 bits per heavy atom. The lowest BCUT2D eigenvalue weighted by molar-refractivity contribution is -0.137. The van der Waals surface area contributed by atoms with Gasteiger partial charge >= 0.3 is 0 Å². The summed E-state index contributed by atoms with van der Waals surface area (Å²) in [5.41, 5.74) is 0. The van der Waals surface area contributed by atoms with Gasteiger partial charge in [-0.2, -0.15) is 5.10 Å². The molecule has 2 atom stereocenters. The number of carbonyl (C=O) groups excluding carboxylic acids is 2. The van der Waals surface area contributed by atoms with Crippen LogP contribution in [0.4, 0.5) is 0 Å². The maximum Gasteiger partial charge on any atom is 0.243 e. The zero-order valence-corrected chi connectivity index (χ0v) is 14.1. The van der Waals surface area contributed by atoms with Crippen LogP contribution in [-0.4, -0.2) is 44.1 Å². The Morgan fingerprint density at radius 3 is 2.65 bits per heavy atom. The summed E-state index contributed by atoms with van der Waals surface area (Å²) in [6.07, 6.45) is 3.47. The number of aromatic nitrogens is 3. The van der Waals surface area contributed by atoms with Crippen LogP contribution in [-0.2, 0) is 16.1 Å². The second-order valence-corrected chi connectivity index (χ2v) is 6.78. The summed E-state index contributed by atoms with van der Waals surface area (Å²) in [5, 5.41) is 7.64. The Kier molecular flexibility index (Phi) is 4.37. The third kappa shape index (κ3) is 3.09. The van der Waals surface area contributed by atoms with Crippen molar-refractivity contribution in [1.82, 2.24) is 25.0 Å². The van der Waals surface area contributed by atoms with E-state index in [2.05, 4.69) is 29.2 Å². The van der Waals surface area contributed by atoms with Crippen molar-refractivity contribution in [3.8, 4) is 0 Å². The Hall–Kier alpha value is -1.92. The molecular weight excluding hydrogens is 294 g/mol. The topological polar surface area (TPSA) is 80.1 Å². The Balaban J connectivity index is 1.74. The van der Waals surface area contributed by atoms with Crippen LogP contribution >= 0.6 is 0 Å². The number of likely N-dealkylation sites (tertiary alicyclic amines) is 1. The third-order valence-electron chi connectivity index (χ3n) is 4.68. The fraction of sp³-hybridized carbons (Fsp3) is 0.750. The van der Waals surface area contributed by atoms with Crippen LogP contribution in [0.1, 0.15) is 70.1 Å². The molecule has 126 valence electrons. The summed E-state index contributed by atoms with van der Waals surface area (Å²) < 4.78 is 1.92. The molecule has 2 amide bonds. The van der Waals surface area contributed by atoms with Gasteiger partial charge in [0.1, 0.15) is 11.9 Å². The van der Waals surface area contributed by atoms with E-state index in [4.69, 9.17) is 0 Å². The van der Waals surface area contributed by atoms with Gasteiger partial charge in [0.15, 0.2) is 5.82 Å². The van der Waals surface area contributed by atoms with E-state index in [0.29, 0.717) is 6.54 Å². The first kappa shape index (κ1) is 16.0. The zero-order valence-electron chi connectivity index (χ0n) is 14.1. The van der Waals surface area contributed by atoms with E-state index in [9.17, 15) is 9.59 Å². The second-order valence-electron chi connectivity index (χ2n) is 6.78. The minimum atomic E-state index is -0.338. The number of fused-ring (bicyclic) bond motifs is 1. The molecule has 1 fully saturated rings. The molecule has 0 radical (unpaired) electrons. The molecule has 0 aromatic carbocycles. The van der Waals surface area contributed by atoms with E-state index < -0.39 is 0 Å². The van der Waals surface area contributed by atoms with Gasteiger partial charge in [-0.3, -0.25) is 9.59 Å². The van der Waals surface area contributed by atoms with Crippen LogP contribution in [0.15, 0.2) is 0 Å². The molecule has 2 aliphatic heterocycles. The SMILES string of the molecule is CC(=O)N1CCCC1C(=O)NC1CCCn2nc(C(C)C)nc21. The molecule has 0 spiro atoms. The largest absolute Gasteiger partial charge is 0.344 e. The lowest BCUT2D eigenvalue weighted by Crippen LogP contribution is -2.47. The van der Waals surface area contributed by atoms with Crippen LogP contribution in [0.5, 0.6) is 0 Å². The molecule has 0 bridgehead atoms. The maximum absolute atomic E-state index is 12.6. The van der Waals surface area contributed by atoms with E-state index in [-0.39, 0.29) is 29.8 Å². The molecule has 2 unspecified atom stereocenters. The van der Waals surface area contributed by atoms with Gasteiger partial charge in [0.2, 0.25) is 11.8 Å². The van der Waals surface area contributed by atoms with Crippen molar-refractivity contribution in [2.45, 2.75) is 71.0 Å². The van der Waals surface area contributed by atoms with Gasteiger partial charge in [-0.1, -0.05) is 13.8 Å². The predicted octanol–water partition coefficient (Wildman–Crippen LogP) is 1.36. The zero-order chi connectivity index (χ0) is 16.6. The van der Waals surface area contributed by atoms with E-state index >= 15 is 0 Å².